The highest BCUT2D eigenvalue weighted by atomic mass is 127. The summed E-state index contributed by atoms with van der Waals surface area (Å²) in [4.78, 5) is 7.00. The normalized spacial score (nSPS) is 17.2. The number of hydrogen-bond donors (Lipinski definition) is 3. The van der Waals surface area contributed by atoms with Gasteiger partial charge in [0.05, 0.1) is 26.9 Å². The summed E-state index contributed by atoms with van der Waals surface area (Å²) in [5, 5.41) is 17.4. The predicted octanol–water partition coefficient (Wildman–Crippen LogP) is 3.58. The Morgan fingerprint density at radius 1 is 1.16 bits per heavy atom. The molecular weight excluding hydrogens is 519 g/mol. The van der Waals surface area contributed by atoms with E-state index in [-0.39, 0.29) is 36.6 Å². The van der Waals surface area contributed by atoms with Gasteiger partial charge in [-0.05, 0) is 49.6 Å². The summed E-state index contributed by atoms with van der Waals surface area (Å²) in [6.45, 7) is 4.98. The highest BCUT2D eigenvalue weighted by molar-refractivity contribution is 14.0. The van der Waals surface area contributed by atoms with Crippen molar-refractivity contribution >= 4 is 35.6 Å². The average molecular weight is 554 g/mol. The van der Waals surface area contributed by atoms with Crippen molar-refractivity contribution in [2.75, 3.05) is 45.3 Å². The van der Waals surface area contributed by atoms with Gasteiger partial charge in [-0.2, -0.15) is 0 Å². The molecule has 0 bridgehead atoms. The van der Waals surface area contributed by atoms with Crippen molar-refractivity contribution in [2.24, 2.45) is 4.99 Å². The number of rotatable bonds is 8. The molecule has 0 aliphatic carbocycles. The third-order valence-corrected chi connectivity index (χ3v) is 5.43. The topological polar surface area (TPSA) is 78.4 Å². The number of hydrogen-bond acceptors (Lipinski definition) is 5. The first-order valence-electron chi connectivity index (χ1n) is 10.9. The Morgan fingerprint density at radius 3 is 2.59 bits per heavy atom. The zero-order chi connectivity index (χ0) is 22.1. The smallest absolute Gasteiger partial charge is 0.191 e. The number of nitrogens with one attached hydrogen (secondary N) is 2. The molecule has 3 rings (SSSR count). The molecule has 1 heterocycles. The molecule has 2 aromatic carbocycles. The third kappa shape index (κ3) is 7.44. The van der Waals surface area contributed by atoms with Gasteiger partial charge in [0.2, 0.25) is 0 Å². The molecule has 1 fully saturated rings. The molecule has 1 saturated heterocycles. The van der Waals surface area contributed by atoms with Gasteiger partial charge in [0.1, 0.15) is 11.5 Å². The maximum atomic E-state index is 10.6. The van der Waals surface area contributed by atoms with Crippen molar-refractivity contribution in [1.29, 1.82) is 0 Å². The first-order valence-corrected chi connectivity index (χ1v) is 10.9. The summed E-state index contributed by atoms with van der Waals surface area (Å²) < 4.78 is 10.6. The summed E-state index contributed by atoms with van der Waals surface area (Å²) in [5.41, 5.74) is 1.96. The summed E-state index contributed by atoms with van der Waals surface area (Å²) in [6, 6.07) is 15.9. The third-order valence-electron chi connectivity index (χ3n) is 5.43. The Labute approximate surface area is 208 Å². The van der Waals surface area contributed by atoms with Gasteiger partial charge in [0.25, 0.3) is 0 Å². The summed E-state index contributed by atoms with van der Waals surface area (Å²) in [7, 11) is 3.31. The van der Waals surface area contributed by atoms with Crippen molar-refractivity contribution in [1.82, 2.24) is 10.6 Å². The van der Waals surface area contributed by atoms with Gasteiger partial charge in [-0.25, -0.2) is 0 Å². The average Bonchev–Trinajstić information content (AvgIpc) is 2.82. The number of benzene rings is 2. The fourth-order valence-corrected chi connectivity index (χ4v) is 3.78. The zero-order valence-electron chi connectivity index (χ0n) is 19.1. The fourth-order valence-electron chi connectivity index (χ4n) is 3.78. The lowest BCUT2D eigenvalue weighted by atomic mass is 10.0. The first-order chi connectivity index (χ1) is 15.1. The van der Waals surface area contributed by atoms with E-state index < -0.39 is 6.10 Å². The van der Waals surface area contributed by atoms with Gasteiger partial charge in [-0.1, -0.05) is 18.2 Å². The molecule has 0 radical (unpaired) electrons. The molecule has 1 aliphatic heterocycles. The lowest BCUT2D eigenvalue weighted by molar-refractivity contribution is 0.186. The molecule has 3 N–H and O–H groups in total. The van der Waals surface area contributed by atoms with Crippen molar-refractivity contribution in [3.05, 3.63) is 54.1 Å². The molecule has 2 unspecified atom stereocenters. The number of aliphatic hydroxyl groups is 1. The maximum Gasteiger partial charge on any atom is 0.191 e. The highest BCUT2D eigenvalue weighted by Crippen LogP contribution is 2.24. The first kappa shape index (κ1) is 26.1. The van der Waals surface area contributed by atoms with Crippen LogP contribution in [-0.2, 0) is 0 Å². The van der Waals surface area contributed by atoms with E-state index in [2.05, 4.69) is 32.7 Å². The van der Waals surface area contributed by atoms with Crippen molar-refractivity contribution in [3.63, 3.8) is 0 Å². The monoisotopic (exact) mass is 554 g/mol. The van der Waals surface area contributed by atoms with Crippen molar-refractivity contribution in [2.45, 2.75) is 31.9 Å². The minimum absolute atomic E-state index is 0. The number of halogens is 1. The Bertz CT molecular complexity index is 865. The van der Waals surface area contributed by atoms with Crippen LogP contribution in [0.15, 0.2) is 53.5 Å². The van der Waals surface area contributed by atoms with Gasteiger partial charge in [0, 0.05) is 37.4 Å². The predicted molar refractivity (Wildman–Crippen MR) is 141 cm³/mol. The zero-order valence-corrected chi connectivity index (χ0v) is 21.4. The molecule has 0 amide bonds. The van der Waals surface area contributed by atoms with E-state index in [1.807, 2.05) is 43.3 Å². The summed E-state index contributed by atoms with van der Waals surface area (Å²) in [5.74, 6) is 2.32. The standard InChI is InChI=1S/C24H34N4O3.HI/c1-4-25-24(26-16-23(29)18-8-5-11-21(14-18)30-2)27-19-9-7-13-28(17-19)20-10-6-12-22(15-20)31-3;/h5-6,8,10-12,14-15,19,23,29H,4,7,9,13,16-17H2,1-3H3,(H2,25,26,27);1H. The second-order valence-electron chi connectivity index (χ2n) is 7.64. The molecule has 2 atom stereocenters. The number of ether oxygens (including phenoxy) is 2. The van der Waals surface area contributed by atoms with Crippen LogP contribution in [-0.4, -0.2) is 57.5 Å². The minimum Gasteiger partial charge on any atom is -0.497 e. The maximum absolute atomic E-state index is 10.6. The Hall–Kier alpha value is -2.20. The molecule has 1 aliphatic rings. The molecule has 7 nitrogen and oxygen atoms in total. The van der Waals surface area contributed by atoms with Gasteiger partial charge < -0.3 is 30.1 Å². The molecule has 0 aromatic heterocycles. The van der Waals surface area contributed by atoms with Crippen LogP contribution < -0.4 is 25.0 Å². The summed E-state index contributed by atoms with van der Waals surface area (Å²) in [6.07, 6.45) is 1.48. The number of guanidine groups is 1. The number of piperidine rings is 1. The van der Waals surface area contributed by atoms with Gasteiger partial charge in [-0.3, -0.25) is 4.99 Å². The van der Waals surface area contributed by atoms with Crippen LogP contribution in [0.5, 0.6) is 11.5 Å². The van der Waals surface area contributed by atoms with E-state index in [9.17, 15) is 5.11 Å². The molecular formula is C24H35IN4O3. The minimum atomic E-state index is -0.690. The van der Waals surface area contributed by atoms with Gasteiger partial charge in [0.15, 0.2) is 5.96 Å². The van der Waals surface area contributed by atoms with E-state index >= 15 is 0 Å². The Morgan fingerprint density at radius 2 is 1.88 bits per heavy atom. The Kier molecular flexibility index (Phi) is 10.9. The van der Waals surface area contributed by atoms with Crippen LogP contribution in [0.1, 0.15) is 31.4 Å². The van der Waals surface area contributed by atoms with Crippen LogP contribution >= 0.6 is 24.0 Å². The van der Waals surface area contributed by atoms with E-state index in [1.165, 1.54) is 5.69 Å². The van der Waals surface area contributed by atoms with Crippen LogP contribution in [0.2, 0.25) is 0 Å². The second kappa shape index (κ2) is 13.4. The number of aliphatic hydroxyl groups excluding tert-OH is 1. The molecule has 0 saturated carbocycles. The number of methoxy groups -OCH3 is 2. The van der Waals surface area contributed by atoms with Gasteiger partial charge >= 0.3 is 0 Å². The summed E-state index contributed by atoms with van der Waals surface area (Å²) >= 11 is 0. The van der Waals surface area contributed by atoms with Crippen molar-refractivity contribution in [3.8, 4) is 11.5 Å². The van der Waals surface area contributed by atoms with Crippen LogP contribution in [0, 0.1) is 0 Å². The fraction of sp³-hybridized carbons (Fsp3) is 0.458. The van der Waals surface area contributed by atoms with E-state index in [4.69, 9.17) is 9.47 Å². The molecule has 2 aromatic rings. The lowest BCUT2D eigenvalue weighted by Crippen LogP contribution is -2.51. The highest BCUT2D eigenvalue weighted by Gasteiger charge is 2.21. The van der Waals surface area contributed by atoms with E-state index in [0.717, 1.165) is 55.5 Å². The number of anilines is 1. The van der Waals surface area contributed by atoms with Gasteiger partial charge in [-0.15, -0.1) is 24.0 Å². The molecule has 176 valence electrons. The SMILES string of the molecule is CCNC(=NCC(O)c1cccc(OC)c1)NC1CCCN(c2cccc(OC)c2)C1.I. The van der Waals surface area contributed by atoms with Crippen LogP contribution in [0.4, 0.5) is 5.69 Å². The molecule has 32 heavy (non-hydrogen) atoms. The molecule has 0 spiro atoms. The quantitative estimate of drug-likeness (QED) is 0.263. The van der Waals surface area contributed by atoms with Crippen LogP contribution in [0.25, 0.3) is 0 Å². The second-order valence-corrected chi connectivity index (χ2v) is 7.64. The van der Waals surface area contributed by atoms with E-state index in [1.54, 1.807) is 14.2 Å². The van der Waals surface area contributed by atoms with Crippen LogP contribution in [0.3, 0.4) is 0 Å². The molecule has 8 heteroatoms. The lowest BCUT2D eigenvalue weighted by Gasteiger charge is -2.35. The number of aliphatic imine (C=N–C) groups is 1. The number of nitrogens with zero attached hydrogens (tertiary/aromatic N) is 2. The largest absolute Gasteiger partial charge is 0.497 e. The van der Waals surface area contributed by atoms with Crippen molar-refractivity contribution < 1.29 is 14.6 Å². The van der Waals surface area contributed by atoms with E-state index in [0.29, 0.717) is 0 Å². The Balaban J connectivity index is 0.00000363.